The molecule has 2 N–H and O–H groups in total. The first-order valence-electron chi connectivity index (χ1n) is 9.36. The third kappa shape index (κ3) is 7.34. The summed E-state index contributed by atoms with van der Waals surface area (Å²) in [6.45, 7) is 0.698. The number of rotatable bonds is 10. The van der Waals surface area contributed by atoms with Gasteiger partial charge in [-0.2, -0.15) is 0 Å². The van der Waals surface area contributed by atoms with Crippen LogP contribution in [0.4, 0.5) is 5.69 Å². The van der Waals surface area contributed by atoms with Gasteiger partial charge < -0.3 is 15.5 Å². The molecular formula is C21H26N4O4. The largest absolute Gasteiger partial charge is 0.354 e. The zero-order valence-corrected chi connectivity index (χ0v) is 16.6. The van der Waals surface area contributed by atoms with Gasteiger partial charge in [0.05, 0.1) is 4.92 Å². The normalized spacial score (nSPS) is 11.7. The molecule has 2 rings (SSSR count). The third-order valence-corrected chi connectivity index (χ3v) is 4.56. The number of nitrogens with zero attached hydrogens (tertiary/aromatic N) is 2. The highest BCUT2D eigenvalue weighted by Crippen LogP contribution is 2.11. The molecular weight excluding hydrogens is 372 g/mol. The van der Waals surface area contributed by atoms with Crippen molar-refractivity contribution >= 4 is 17.5 Å². The molecule has 0 aliphatic heterocycles. The van der Waals surface area contributed by atoms with E-state index < -0.39 is 4.92 Å². The molecule has 2 aromatic carbocycles. The Morgan fingerprint density at radius 1 is 1.03 bits per heavy atom. The lowest BCUT2D eigenvalue weighted by Crippen LogP contribution is -2.42. The molecule has 8 nitrogen and oxygen atoms in total. The maximum absolute atomic E-state index is 12.1. The summed E-state index contributed by atoms with van der Waals surface area (Å²) >= 11 is 0. The molecule has 1 atom stereocenters. The molecule has 8 heteroatoms. The lowest BCUT2D eigenvalue weighted by molar-refractivity contribution is -0.384. The van der Waals surface area contributed by atoms with E-state index in [0.717, 1.165) is 6.42 Å². The SMILES string of the molecule is CN(C)C(CNC(=O)CCNC(=O)c1ccc([N+](=O)[O-])cc1)Cc1ccccc1. The summed E-state index contributed by atoms with van der Waals surface area (Å²) in [7, 11) is 3.95. The number of nitrogens with one attached hydrogen (secondary N) is 2. The number of carbonyl (C=O) groups excluding carboxylic acids is 2. The number of likely N-dealkylation sites (N-methyl/N-ethyl adjacent to an activating group) is 1. The zero-order chi connectivity index (χ0) is 21.2. The quantitative estimate of drug-likeness (QED) is 0.471. The average Bonchev–Trinajstić information content (AvgIpc) is 2.71. The van der Waals surface area contributed by atoms with Crippen LogP contribution in [0.3, 0.4) is 0 Å². The Bertz CT molecular complexity index is 822. The molecule has 0 fully saturated rings. The summed E-state index contributed by atoms with van der Waals surface area (Å²) in [5.74, 6) is -0.517. The Morgan fingerprint density at radius 2 is 1.69 bits per heavy atom. The predicted molar refractivity (Wildman–Crippen MR) is 111 cm³/mol. The summed E-state index contributed by atoms with van der Waals surface area (Å²) in [5, 5.41) is 16.2. The fourth-order valence-electron chi connectivity index (χ4n) is 2.77. The van der Waals surface area contributed by atoms with Crippen LogP contribution in [0.1, 0.15) is 22.3 Å². The second-order valence-electron chi connectivity index (χ2n) is 6.92. The van der Waals surface area contributed by atoms with Crippen LogP contribution in [0.2, 0.25) is 0 Å². The molecule has 0 aliphatic carbocycles. The van der Waals surface area contributed by atoms with E-state index in [1.165, 1.54) is 29.8 Å². The van der Waals surface area contributed by atoms with Crippen molar-refractivity contribution in [3.63, 3.8) is 0 Å². The van der Waals surface area contributed by atoms with Gasteiger partial charge in [0.25, 0.3) is 11.6 Å². The van der Waals surface area contributed by atoms with Crippen LogP contribution in [0.25, 0.3) is 0 Å². The van der Waals surface area contributed by atoms with Gasteiger partial charge in [-0.25, -0.2) is 0 Å². The van der Waals surface area contributed by atoms with Crippen LogP contribution in [-0.2, 0) is 11.2 Å². The number of non-ortho nitro benzene ring substituents is 1. The van der Waals surface area contributed by atoms with Crippen molar-refractivity contribution in [2.75, 3.05) is 27.2 Å². The Labute approximate surface area is 170 Å². The number of carbonyl (C=O) groups is 2. The maximum Gasteiger partial charge on any atom is 0.269 e. The summed E-state index contributed by atoms with van der Waals surface area (Å²) < 4.78 is 0. The van der Waals surface area contributed by atoms with Crippen LogP contribution >= 0.6 is 0 Å². The van der Waals surface area contributed by atoms with Crippen molar-refractivity contribution < 1.29 is 14.5 Å². The first-order valence-corrected chi connectivity index (χ1v) is 9.36. The number of nitro groups is 1. The van der Waals surface area contributed by atoms with E-state index in [0.29, 0.717) is 12.1 Å². The molecule has 2 aromatic rings. The monoisotopic (exact) mass is 398 g/mol. The fraction of sp³-hybridized carbons (Fsp3) is 0.333. The van der Waals surface area contributed by atoms with E-state index >= 15 is 0 Å². The molecule has 0 saturated heterocycles. The van der Waals surface area contributed by atoms with E-state index in [2.05, 4.69) is 27.7 Å². The number of amides is 2. The second kappa shape index (κ2) is 10.9. The summed E-state index contributed by atoms with van der Waals surface area (Å²) in [6.07, 6.45) is 0.981. The van der Waals surface area contributed by atoms with Crippen LogP contribution in [0, 0.1) is 10.1 Å². The highest BCUT2D eigenvalue weighted by molar-refractivity contribution is 5.94. The van der Waals surface area contributed by atoms with Crippen molar-refractivity contribution in [1.82, 2.24) is 15.5 Å². The minimum atomic E-state index is -0.523. The Balaban J connectivity index is 1.74. The zero-order valence-electron chi connectivity index (χ0n) is 16.6. The van der Waals surface area contributed by atoms with Gasteiger partial charge in [-0.1, -0.05) is 30.3 Å². The van der Waals surface area contributed by atoms with E-state index in [4.69, 9.17) is 0 Å². The first kappa shape index (κ1) is 22.0. The van der Waals surface area contributed by atoms with Crippen molar-refractivity contribution in [2.24, 2.45) is 0 Å². The van der Waals surface area contributed by atoms with Crippen LogP contribution < -0.4 is 10.6 Å². The van der Waals surface area contributed by atoms with Gasteiger partial charge in [0.15, 0.2) is 0 Å². The molecule has 29 heavy (non-hydrogen) atoms. The van der Waals surface area contributed by atoms with Crippen molar-refractivity contribution in [3.8, 4) is 0 Å². The minimum absolute atomic E-state index is 0.0770. The van der Waals surface area contributed by atoms with Gasteiger partial charge in [-0.15, -0.1) is 0 Å². The van der Waals surface area contributed by atoms with E-state index in [9.17, 15) is 19.7 Å². The molecule has 0 aromatic heterocycles. The standard InChI is InChI=1S/C21H26N4O4/c1-24(2)19(14-16-6-4-3-5-7-16)15-23-20(26)12-13-22-21(27)17-8-10-18(11-9-17)25(28)29/h3-11,19H,12-15H2,1-2H3,(H,22,27)(H,23,26). The maximum atomic E-state index is 12.1. The van der Waals surface area contributed by atoms with Crippen LogP contribution in [0.5, 0.6) is 0 Å². The molecule has 0 heterocycles. The lowest BCUT2D eigenvalue weighted by Gasteiger charge is -2.24. The summed E-state index contributed by atoms with van der Waals surface area (Å²) in [4.78, 5) is 36.3. The molecule has 0 radical (unpaired) electrons. The Kier molecular flexibility index (Phi) is 8.29. The van der Waals surface area contributed by atoms with E-state index in [-0.39, 0.29) is 36.5 Å². The van der Waals surface area contributed by atoms with E-state index in [1.807, 2.05) is 32.3 Å². The molecule has 0 spiro atoms. The van der Waals surface area contributed by atoms with Gasteiger partial charge in [0, 0.05) is 43.2 Å². The van der Waals surface area contributed by atoms with Crippen molar-refractivity contribution in [1.29, 1.82) is 0 Å². The van der Waals surface area contributed by atoms with Crippen LogP contribution in [-0.4, -0.2) is 54.9 Å². The molecule has 1 unspecified atom stereocenters. The van der Waals surface area contributed by atoms with Gasteiger partial charge in [-0.05, 0) is 38.2 Å². The van der Waals surface area contributed by atoms with Crippen molar-refractivity contribution in [3.05, 3.63) is 75.8 Å². The lowest BCUT2D eigenvalue weighted by atomic mass is 10.1. The first-order chi connectivity index (χ1) is 13.9. The average molecular weight is 398 g/mol. The molecule has 2 amide bonds. The van der Waals surface area contributed by atoms with Gasteiger partial charge >= 0.3 is 0 Å². The number of hydrogen-bond acceptors (Lipinski definition) is 5. The number of nitro benzene ring substituents is 1. The predicted octanol–water partition coefficient (Wildman–Crippen LogP) is 2.00. The van der Waals surface area contributed by atoms with Gasteiger partial charge in [0.1, 0.15) is 0 Å². The van der Waals surface area contributed by atoms with Crippen molar-refractivity contribution in [2.45, 2.75) is 18.9 Å². The number of hydrogen-bond donors (Lipinski definition) is 2. The molecule has 0 bridgehead atoms. The Hall–Kier alpha value is -3.26. The fourth-order valence-corrected chi connectivity index (χ4v) is 2.77. The van der Waals surface area contributed by atoms with Crippen LogP contribution in [0.15, 0.2) is 54.6 Å². The second-order valence-corrected chi connectivity index (χ2v) is 6.92. The third-order valence-electron chi connectivity index (χ3n) is 4.56. The Morgan fingerprint density at radius 3 is 2.28 bits per heavy atom. The highest BCUT2D eigenvalue weighted by Gasteiger charge is 2.14. The molecule has 154 valence electrons. The summed E-state index contributed by atoms with van der Waals surface area (Å²) in [5.41, 5.74) is 1.44. The molecule has 0 saturated carbocycles. The molecule has 0 aliphatic rings. The van der Waals surface area contributed by atoms with Gasteiger partial charge in [0.2, 0.25) is 5.91 Å². The topological polar surface area (TPSA) is 105 Å². The minimum Gasteiger partial charge on any atom is -0.354 e. The smallest absolute Gasteiger partial charge is 0.269 e. The number of benzene rings is 2. The van der Waals surface area contributed by atoms with Gasteiger partial charge in [-0.3, -0.25) is 19.7 Å². The highest BCUT2D eigenvalue weighted by atomic mass is 16.6. The van der Waals surface area contributed by atoms with E-state index in [1.54, 1.807) is 0 Å². The summed E-state index contributed by atoms with van der Waals surface area (Å²) in [6, 6.07) is 15.6.